The van der Waals surface area contributed by atoms with E-state index in [0.29, 0.717) is 0 Å². The molecule has 0 aromatic heterocycles. The van der Waals surface area contributed by atoms with Crippen molar-refractivity contribution in [2.24, 2.45) is 29.6 Å². The highest BCUT2D eigenvalue weighted by Gasteiger charge is 2.70. The Morgan fingerprint density at radius 1 is 1.00 bits per heavy atom. The molecule has 0 heterocycles. The molecule has 0 aliphatic heterocycles. The van der Waals surface area contributed by atoms with Crippen LogP contribution in [0, 0.1) is 29.6 Å². The van der Waals surface area contributed by atoms with Crippen molar-refractivity contribution in [1.82, 2.24) is 0 Å². The minimum Gasteiger partial charge on any atom is -0.0619 e. The highest BCUT2D eigenvalue weighted by molar-refractivity contribution is 5.17. The Hall–Kier alpha value is 0. The molecule has 0 amide bonds. The Bertz CT molecular complexity index is 119. The van der Waals surface area contributed by atoms with Crippen LogP contribution in [0.4, 0.5) is 0 Å². The summed E-state index contributed by atoms with van der Waals surface area (Å²) in [7, 11) is 0. The highest BCUT2D eigenvalue weighted by atomic mass is 14.7. The summed E-state index contributed by atoms with van der Waals surface area (Å²) in [5.74, 6) is 6.05. The van der Waals surface area contributed by atoms with Gasteiger partial charge in [0.05, 0.1) is 0 Å². The van der Waals surface area contributed by atoms with E-state index in [1.807, 2.05) is 0 Å². The van der Waals surface area contributed by atoms with E-state index in [4.69, 9.17) is 0 Å². The number of hydrogen-bond acceptors (Lipinski definition) is 0. The van der Waals surface area contributed by atoms with Crippen LogP contribution in [0.2, 0.25) is 0 Å². The molecule has 3 saturated carbocycles. The van der Waals surface area contributed by atoms with Crippen LogP contribution >= 0.6 is 0 Å². The second-order valence-corrected chi connectivity index (χ2v) is 3.92. The molecule has 3 aliphatic carbocycles. The molecule has 3 rings (SSSR count). The molecule has 0 radical (unpaired) electrons. The first kappa shape index (κ1) is 3.92. The van der Waals surface area contributed by atoms with Crippen LogP contribution in [0.15, 0.2) is 0 Å². The van der Waals surface area contributed by atoms with Crippen molar-refractivity contribution in [2.75, 3.05) is 0 Å². The van der Waals surface area contributed by atoms with E-state index in [2.05, 4.69) is 6.92 Å². The van der Waals surface area contributed by atoms with Gasteiger partial charge in [-0.25, -0.2) is 0 Å². The van der Waals surface area contributed by atoms with Crippen molar-refractivity contribution < 1.29 is 0 Å². The summed E-state index contributed by atoms with van der Waals surface area (Å²) in [6.45, 7) is 2.45. The molecule has 8 heavy (non-hydrogen) atoms. The van der Waals surface area contributed by atoms with Gasteiger partial charge in [0.2, 0.25) is 0 Å². The van der Waals surface area contributed by atoms with E-state index in [0.717, 1.165) is 5.92 Å². The Labute approximate surface area is 50.3 Å². The highest BCUT2D eigenvalue weighted by Crippen LogP contribution is 2.75. The molecular formula is C8H12. The van der Waals surface area contributed by atoms with Gasteiger partial charge >= 0.3 is 0 Å². The quantitative estimate of drug-likeness (QED) is 0.444. The van der Waals surface area contributed by atoms with Crippen molar-refractivity contribution >= 4 is 0 Å². The van der Waals surface area contributed by atoms with Crippen molar-refractivity contribution in [3.8, 4) is 0 Å². The third-order valence-electron chi connectivity index (χ3n) is 3.90. The van der Waals surface area contributed by atoms with Crippen LogP contribution < -0.4 is 0 Å². The lowest BCUT2D eigenvalue weighted by atomic mass is 9.72. The van der Waals surface area contributed by atoms with Crippen LogP contribution in [0.3, 0.4) is 0 Å². The zero-order valence-electron chi connectivity index (χ0n) is 5.30. The monoisotopic (exact) mass is 108 g/mol. The summed E-state index contributed by atoms with van der Waals surface area (Å²) in [6.07, 6.45) is 3.16. The van der Waals surface area contributed by atoms with Crippen molar-refractivity contribution in [3.05, 3.63) is 0 Å². The van der Waals surface area contributed by atoms with E-state index in [-0.39, 0.29) is 0 Å². The summed E-state index contributed by atoms with van der Waals surface area (Å²) in [5, 5.41) is 0. The average molecular weight is 108 g/mol. The van der Waals surface area contributed by atoms with Gasteiger partial charge in [-0.2, -0.15) is 0 Å². The predicted molar refractivity (Wildman–Crippen MR) is 32.4 cm³/mol. The van der Waals surface area contributed by atoms with Gasteiger partial charge in [-0.3, -0.25) is 0 Å². The molecule has 3 fully saturated rings. The number of hydrogen-bond donors (Lipinski definition) is 0. The summed E-state index contributed by atoms with van der Waals surface area (Å²) >= 11 is 0. The first-order chi connectivity index (χ1) is 3.89. The van der Waals surface area contributed by atoms with Gasteiger partial charge in [0.15, 0.2) is 0 Å². The van der Waals surface area contributed by atoms with Crippen LogP contribution in [0.25, 0.3) is 0 Å². The zero-order chi connectivity index (χ0) is 5.30. The van der Waals surface area contributed by atoms with Gasteiger partial charge in [-0.1, -0.05) is 6.92 Å². The maximum atomic E-state index is 2.45. The minimum absolute atomic E-state index is 1.14. The van der Waals surface area contributed by atoms with Gasteiger partial charge in [-0.05, 0) is 42.4 Å². The standard InChI is InChI=1S/C8H12/c1-4-5-2-3-6-7(4)8(5)6/h4-8H,2-3H2,1H3/t4-,5?,6?,7?,8?/m0/s1. The van der Waals surface area contributed by atoms with Crippen molar-refractivity contribution in [2.45, 2.75) is 19.8 Å². The molecule has 0 nitrogen and oxygen atoms in total. The van der Waals surface area contributed by atoms with Gasteiger partial charge in [0, 0.05) is 0 Å². The molecule has 0 aromatic rings. The molecule has 0 heteroatoms. The molecule has 3 aliphatic rings. The second-order valence-electron chi connectivity index (χ2n) is 3.92. The molecule has 4 unspecified atom stereocenters. The van der Waals surface area contributed by atoms with Crippen LogP contribution in [0.1, 0.15) is 19.8 Å². The van der Waals surface area contributed by atoms with Gasteiger partial charge in [-0.15, -0.1) is 0 Å². The number of rotatable bonds is 0. The first-order valence-electron chi connectivity index (χ1n) is 3.89. The molecule has 0 spiro atoms. The Kier molecular flexibility index (Phi) is 0.427. The lowest BCUT2D eigenvalue weighted by Gasteiger charge is -2.33. The SMILES string of the molecule is C[C@H]1C2CCC3C2C31. The number of fused-ring (bicyclic) bond motifs is 1. The van der Waals surface area contributed by atoms with Crippen molar-refractivity contribution in [3.63, 3.8) is 0 Å². The molecule has 0 N–H and O–H groups in total. The lowest BCUT2D eigenvalue weighted by Crippen LogP contribution is -2.27. The minimum atomic E-state index is 1.14. The van der Waals surface area contributed by atoms with Gasteiger partial charge in [0.25, 0.3) is 0 Å². The molecule has 0 saturated heterocycles. The molecule has 44 valence electrons. The fraction of sp³-hybridized carbons (Fsp3) is 1.00. The molecule has 0 aromatic carbocycles. The van der Waals surface area contributed by atoms with E-state index < -0.39 is 0 Å². The Morgan fingerprint density at radius 3 is 2.00 bits per heavy atom. The smallest absolute Gasteiger partial charge is 0.0318 e. The summed E-state index contributed by atoms with van der Waals surface area (Å²) < 4.78 is 0. The molecular weight excluding hydrogens is 96.1 g/mol. The molecule has 0 bridgehead atoms. The van der Waals surface area contributed by atoms with Crippen LogP contribution in [-0.2, 0) is 0 Å². The predicted octanol–water partition coefficient (Wildman–Crippen LogP) is 1.91. The molecule has 5 atom stereocenters. The summed E-state index contributed by atoms with van der Waals surface area (Å²) in [6, 6.07) is 0. The third-order valence-corrected chi connectivity index (χ3v) is 3.90. The first-order valence-corrected chi connectivity index (χ1v) is 3.89. The van der Waals surface area contributed by atoms with Gasteiger partial charge in [0.1, 0.15) is 0 Å². The largest absolute Gasteiger partial charge is 0.0619 e. The average Bonchev–Trinajstić information content (AvgIpc) is 2.30. The van der Waals surface area contributed by atoms with Crippen LogP contribution in [0.5, 0.6) is 0 Å². The Balaban J connectivity index is 2.00. The van der Waals surface area contributed by atoms with Gasteiger partial charge < -0.3 is 0 Å². The van der Waals surface area contributed by atoms with Crippen molar-refractivity contribution in [1.29, 1.82) is 0 Å². The van der Waals surface area contributed by atoms with E-state index in [9.17, 15) is 0 Å². The Morgan fingerprint density at radius 2 is 1.75 bits per heavy atom. The lowest BCUT2D eigenvalue weighted by molar-refractivity contribution is 0.157. The van der Waals surface area contributed by atoms with E-state index >= 15 is 0 Å². The fourth-order valence-electron chi connectivity index (χ4n) is 3.49. The summed E-state index contributed by atoms with van der Waals surface area (Å²) in [4.78, 5) is 0. The maximum absolute atomic E-state index is 2.45. The normalized spacial score (nSPS) is 73.9. The van der Waals surface area contributed by atoms with Crippen LogP contribution in [-0.4, -0.2) is 0 Å². The third kappa shape index (κ3) is 0.206. The zero-order valence-corrected chi connectivity index (χ0v) is 5.30. The second kappa shape index (κ2) is 0.872. The summed E-state index contributed by atoms with van der Waals surface area (Å²) in [5.41, 5.74) is 0. The fourth-order valence-corrected chi connectivity index (χ4v) is 3.49. The topological polar surface area (TPSA) is 0 Å². The van der Waals surface area contributed by atoms with E-state index in [1.165, 1.54) is 23.7 Å². The maximum Gasteiger partial charge on any atom is -0.0318 e. The van der Waals surface area contributed by atoms with E-state index in [1.54, 1.807) is 12.8 Å².